The number of hydrogen-bond donors (Lipinski definition) is 2. The van der Waals surface area contributed by atoms with Gasteiger partial charge in [0.15, 0.2) is 0 Å². The van der Waals surface area contributed by atoms with Crippen LogP contribution in [-0.4, -0.2) is 19.1 Å². The molecule has 0 saturated heterocycles. The summed E-state index contributed by atoms with van der Waals surface area (Å²) in [7, 11) is 2.06. The van der Waals surface area contributed by atoms with E-state index in [1.54, 1.807) is 0 Å². The molecule has 0 radical (unpaired) electrons. The summed E-state index contributed by atoms with van der Waals surface area (Å²) in [5.41, 5.74) is 2.58. The Morgan fingerprint density at radius 1 is 1.05 bits per heavy atom. The van der Waals surface area contributed by atoms with Crippen LogP contribution in [-0.2, 0) is 0 Å². The van der Waals surface area contributed by atoms with Crippen molar-refractivity contribution < 1.29 is 0 Å². The van der Waals surface area contributed by atoms with Crippen molar-refractivity contribution in [3.8, 4) is 0 Å². The second-order valence-corrected chi connectivity index (χ2v) is 4.66. The highest BCUT2D eigenvalue weighted by Gasteiger charge is 2.17. The van der Waals surface area contributed by atoms with Crippen LogP contribution >= 0.6 is 0 Å². The first-order valence-electron chi connectivity index (χ1n) is 7.72. The lowest BCUT2D eigenvalue weighted by atomic mass is 10.00. The van der Waals surface area contributed by atoms with E-state index in [2.05, 4.69) is 62.7 Å². The highest BCUT2D eigenvalue weighted by atomic mass is 15.0. The van der Waals surface area contributed by atoms with E-state index < -0.39 is 0 Å². The maximum Gasteiger partial charge on any atom is 0.0411 e. The molecule has 0 heterocycles. The molecule has 1 aromatic carbocycles. The van der Waals surface area contributed by atoms with Gasteiger partial charge in [0.2, 0.25) is 0 Å². The van der Waals surface area contributed by atoms with Crippen LogP contribution in [0, 0.1) is 6.92 Å². The standard InChI is InChI=1S/C15H26N2.C2H6/c1-5-9-15(16-4)13(6-2)17-14-11-8-7-10-12(14)3;1-2/h7-8,10-11,13,15-17H,5-6,9H2,1-4H3;1-2H3. The Morgan fingerprint density at radius 2 is 1.68 bits per heavy atom. The van der Waals surface area contributed by atoms with E-state index in [1.807, 2.05) is 13.8 Å². The SMILES string of the molecule is CC.CCCC(NC)C(CC)Nc1ccccc1C. The smallest absolute Gasteiger partial charge is 0.0411 e. The Labute approximate surface area is 120 Å². The maximum absolute atomic E-state index is 3.67. The van der Waals surface area contributed by atoms with Crippen molar-refractivity contribution in [2.45, 2.75) is 66.0 Å². The van der Waals surface area contributed by atoms with Gasteiger partial charge in [-0.3, -0.25) is 0 Å². The monoisotopic (exact) mass is 264 g/mol. The molecule has 0 fully saturated rings. The van der Waals surface area contributed by atoms with E-state index >= 15 is 0 Å². The van der Waals surface area contributed by atoms with Gasteiger partial charge in [0.05, 0.1) is 0 Å². The third-order valence-corrected chi connectivity index (χ3v) is 3.38. The zero-order valence-electron chi connectivity index (χ0n) is 13.6. The number of likely N-dealkylation sites (N-methyl/N-ethyl adjacent to an activating group) is 1. The van der Waals surface area contributed by atoms with Crippen LogP contribution < -0.4 is 10.6 Å². The fraction of sp³-hybridized carbons (Fsp3) is 0.647. The molecule has 2 N–H and O–H groups in total. The summed E-state index contributed by atoms with van der Waals surface area (Å²) < 4.78 is 0. The van der Waals surface area contributed by atoms with Crippen LogP contribution in [0.4, 0.5) is 5.69 Å². The molecule has 0 aliphatic rings. The molecule has 1 aromatic rings. The molecule has 19 heavy (non-hydrogen) atoms. The molecule has 0 amide bonds. The molecule has 0 spiro atoms. The second kappa shape index (κ2) is 10.9. The number of hydrogen-bond acceptors (Lipinski definition) is 2. The fourth-order valence-electron chi connectivity index (χ4n) is 2.28. The quantitative estimate of drug-likeness (QED) is 0.752. The van der Waals surface area contributed by atoms with E-state index in [0.29, 0.717) is 12.1 Å². The molecular weight excluding hydrogens is 232 g/mol. The van der Waals surface area contributed by atoms with Gasteiger partial charge in [0, 0.05) is 17.8 Å². The first-order valence-corrected chi connectivity index (χ1v) is 7.72. The van der Waals surface area contributed by atoms with E-state index in [9.17, 15) is 0 Å². The van der Waals surface area contributed by atoms with E-state index in [0.717, 1.165) is 6.42 Å². The average Bonchev–Trinajstić information content (AvgIpc) is 2.46. The lowest BCUT2D eigenvalue weighted by molar-refractivity contribution is 0.440. The molecule has 1 rings (SSSR count). The fourth-order valence-corrected chi connectivity index (χ4v) is 2.28. The summed E-state index contributed by atoms with van der Waals surface area (Å²) in [5, 5.41) is 7.10. The van der Waals surface area contributed by atoms with Crippen molar-refractivity contribution in [3.05, 3.63) is 29.8 Å². The van der Waals surface area contributed by atoms with Gasteiger partial charge in [-0.15, -0.1) is 0 Å². The Kier molecular flexibility index (Phi) is 10.3. The number of para-hydroxylation sites is 1. The van der Waals surface area contributed by atoms with Crippen LogP contribution in [0.1, 0.15) is 52.5 Å². The van der Waals surface area contributed by atoms with E-state index in [1.165, 1.54) is 24.1 Å². The molecule has 2 atom stereocenters. The van der Waals surface area contributed by atoms with Crippen LogP contribution in [0.5, 0.6) is 0 Å². The molecule has 0 aromatic heterocycles. The van der Waals surface area contributed by atoms with Crippen LogP contribution in [0.2, 0.25) is 0 Å². The average molecular weight is 264 g/mol. The van der Waals surface area contributed by atoms with Crippen LogP contribution in [0.3, 0.4) is 0 Å². The molecule has 2 nitrogen and oxygen atoms in total. The molecule has 2 heteroatoms. The maximum atomic E-state index is 3.67. The molecule has 0 saturated carbocycles. The normalized spacial score (nSPS) is 13.2. The highest BCUT2D eigenvalue weighted by molar-refractivity contribution is 5.51. The van der Waals surface area contributed by atoms with E-state index in [4.69, 9.17) is 0 Å². The molecule has 0 bridgehead atoms. The predicted molar refractivity (Wildman–Crippen MR) is 88.0 cm³/mol. The second-order valence-electron chi connectivity index (χ2n) is 4.66. The minimum absolute atomic E-state index is 0.501. The van der Waals surface area contributed by atoms with Crippen molar-refractivity contribution in [3.63, 3.8) is 0 Å². The zero-order valence-corrected chi connectivity index (χ0v) is 13.6. The minimum atomic E-state index is 0.501. The summed E-state index contributed by atoms with van der Waals surface area (Å²) in [6.45, 7) is 10.6. The number of aryl methyl sites for hydroxylation is 1. The van der Waals surface area contributed by atoms with Gasteiger partial charge in [0.25, 0.3) is 0 Å². The first-order chi connectivity index (χ1) is 9.22. The number of benzene rings is 1. The Morgan fingerprint density at radius 3 is 2.16 bits per heavy atom. The lowest BCUT2D eigenvalue weighted by Crippen LogP contribution is -2.42. The number of rotatable bonds is 7. The van der Waals surface area contributed by atoms with Gasteiger partial charge in [-0.2, -0.15) is 0 Å². The van der Waals surface area contributed by atoms with Crippen molar-refractivity contribution in [2.24, 2.45) is 0 Å². The summed E-state index contributed by atoms with van der Waals surface area (Å²) in [5.74, 6) is 0. The summed E-state index contributed by atoms with van der Waals surface area (Å²) >= 11 is 0. The van der Waals surface area contributed by atoms with Crippen molar-refractivity contribution >= 4 is 5.69 Å². The van der Waals surface area contributed by atoms with Gasteiger partial charge in [0.1, 0.15) is 0 Å². The molecule has 0 aliphatic carbocycles. The third kappa shape index (κ3) is 6.11. The lowest BCUT2D eigenvalue weighted by Gasteiger charge is -2.28. The van der Waals surface area contributed by atoms with Crippen LogP contribution in [0.15, 0.2) is 24.3 Å². The minimum Gasteiger partial charge on any atom is -0.381 e. The van der Waals surface area contributed by atoms with E-state index in [-0.39, 0.29) is 0 Å². The number of nitrogens with one attached hydrogen (secondary N) is 2. The Balaban J connectivity index is 0.00000154. The Hall–Kier alpha value is -1.02. The van der Waals surface area contributed by atoms with Crippen molar-refractivity contribution in [1.82, 2.24) is 5.32 Å². The summed E-state index contributed by atoms with van der Waals surface area (Å²) in [6, 6.07) is 9.55. The zero-order chi connectivity index (χ0) is 14.7. The number of anilines is 1. The Bertz CT molecular complexity index is 323. The van der Waals surface area contributed by atoms with Gasteiger partial charge >= 0.3 is 0 Å². The van der Waals surface area contributed by atoms with Gasteiger partial charge in [-0.1, -0.05) is 52.3 Å². The van der Waals surface area contributed by atoms with Gasteiger partial charge < -0.3 is 10.6 Å². The largest absolute Gasteiger partial charge is 0.381 e. The third-order valence-electron chi connectivity index (χ3n) is 3.38. The summed E-state index contributed by atoms with van der Waals surface area (Å²) in [6.07, 6.45) is 3.57. The molecule has 0 aliphatic heterocycles. The van der Waals surface area contributed by atoms with Gasteiger partial charge in [-0.25, -0.2) is 0 Å². The topological polar surface area (TPSA) is 24.1 Å². The molecular formula is C17H32N2. The highest BCUT2D eigenvalue weighted by Crippen LogP contribution is 2.18. The summed E-state index contributed by atoms with van der Waals surface area (Å²) in [4.78, 5) is 0. The van der Waals surface area contributed by atoms with Crippen LogP contribution in [0.25, 0.3) is 0 Å². The van der Waals surface area contributed by atoms with Gasteiger partial charge in [-0.05, 0) is 38.4 Å². The first kappa shape index (κ1) is 18.0. The molecule has 110 valence electrons. The predicted octanol–water partition coefficient (Wildman–Crippen LogP) is 4.60. The van der Waals surface area contributed by atoms with Crippen molar-refractivity contribution in [2.75, 3.05) is 12.4 Å². The van der Waals surface area contributed by atoms with Crippen molar-refractivity contribution in [1.29, 1.82) is 0 Å². The molecule has 2 unspecified atom stereocenters.